The molecule has 1 aromatic carbocycles. The molecule has 1 aromatic rings. The Morgan fingerprint density at radius 3 is 2.88 bits per heavy atom. The van der Waals surface area contributed by atoms with E-state index >= 15 is 0 Å². The minimum absolute atomic E-state index is 0.201. The van der Waals surface area contributed by atoms with Crippen LogP contribution in [0.15, 0.2) is 24.3 Å². The van der Waals surface area contributed by atoms with Crippen molar-refractivity contribution in [2.45, 2.75) is 0 Å². The Hall–Kier alpha value is -1.00. The molecule has 1 saturated heterocycles. The number of hydrogen-bond acceptors (Lipinski definition) is 3. The molecule has 0 saturated carbocycles. The third-order valence-corrected chi connectivity index (χ3v) is 4.92. The van der Waals surface area contributed by atoms with E-state index in [2.05, 4.69) is 0 Å². The number of ether oxygens (including phenoxy) is 2. The summed E-state index contributed by atoms with van der Waals surface area (Å²) in [5.41, 5.74) is 0.753. The quantitative estimate of drug-likeness (QED) is 0.603. The normalized spacial score (nSPS) is 16.8. The van der Waals surface area contributed by atoms with Gasteiger partial charge in [0.2, 0.25) is 5.78 Å². The fourth-order valence-corrected chi connectivity index (χ4v) is 3.50. The standard InChI is InChI=1S/C13H17O3S/c1-15-12-4-2-3-11(9-12)13(14)10-17-7-5-16-6-8-17/h2-4,9H,5-8,10H2,1H3/q+1. The van der Waals surface area contributed by atoms with Gasteiger partial charge in [0.25, 0.3) is 0 Å². The second-order valence-corrected chi connectivity index (χ2v) is 6.26. The predicted octanol–water partition coefficient (Wildman–Crippen LogP) is 1.53. The highest BCUT2D eigenvalue weighted by Gasteiger charge is 2.26. The fraction of sp³-hybridized carbons (Fsp3) is 0.462. The molecule has 0 spiro atoms. The van der Waals surface area contributed by atoms with E-state index in [1.54, 1.807) is 7.11 Å². The highest BCUT2D eigenvalue weighted by Crippen LogP contribution is 2.15. The third-order valence-electron chi connectivity index (χ3n) is 2.76. The van der Waals surface area contributed by atoms with Crippen molar-refractivity contribution in [3.05, 3.63) is 29.8 Å². The highest BCUT2D eigenvalue weighted by molar-refractivity contribution is 7.97. The largest absolute Gasteiger partial charge is 0.497 e. The van der Waals surface area contributed by atoms with Crippen LogP contribution in [0.5, 0.6) is 5.75 Å². The van der Waals surface area contributed by atoms with Crippen molar-refractivity contribution in [1.82, 2.24) is 0 Å². The van der Waals surface area contributed by atoms with Gasteiger partial charge in [-0.3, -0.25) is 4.79 Å². The first-order chi connectivity index (χ1) is 8.29. The molecular formula is C13H17O3S+. The van der Waals surface area contributed by atoms with E-state index in [0.717, 1.165) is 36.0 Å². The lowest BCUT2D eigenvalue weighted by Crippen LogP contribution is -2.31. The second kappa shape index (κ2) is 6.07. The zero-order valence-electron chi connectivity index (χ0n) is 9.98. The van der Waals surface area contributed by atoms with Crippen LogP contribution in [0.4, 0.5) is 0 Å². The van der Waals surface area contributed by atoms with E-state index in [1.807, 2.05) is 24.3 Å². The topological polar surface area (TPSA) is 35.5 Å². The molecule has 0 unspecified atom stereocenters. The molecule has 0 atom stereocenters. The SMILES string of the molecule is COc1cccc(C(=O)C[S+]2CCOCC2)c1. The summed E-state index contributed by atoms with van der Waals surface area (Å²) in [5.74, 6) is 3.65. The Morgan fingerprint density at radius 1 is 1.41 bits per heavy atom. The van der Waals surface area contributed by atoms with E-state index in [-0.39, 0.29) is 16.7 Å². The molecule has 0 amide bonds. The maximum absolute atomic E-state index is 12.1. The Labute approximate surface area is 104 Å². The lowest BCUT2D eigenvalue weighted by molar-refractivity contribution is 0.102. The van der Waals surface area contributed by atoms with E-state index < -0.39 is 0 Å². The molecule has 0 bridgehead atoms. The number of Topliss-reactive ketones (excluding diaryl/α,β-unsaturated/α-hetero) is 1. The molecule has 2 rings (SSSR count). The zero-order chi connectivity index (χ0) is 12.1. The molecule has 0 N–H and O–H groups in total. The van der Waals surface area contributed by atoms with Gasteiger partial charge in [-0.1, -0.05) is 12.1 Å². The maximum Gasteiger partial charge on any atom is 0.211 e. The van der Waals surface area contributed by atoms with Gasteiger partial charge in [0.05, 0.1) is 20.3 Å². The first kappa shape index (κ1) is 12.5. The molecule has 4 heteroatoms. The van der Waals surface area contributed by atoms with Crippen LogP contribution in [0.25, 0.3) is 0 Å². The summed E-state index contributed by atoms with van der Waals surface area (Å²) in [6.45, 7) is 1.60. The molecule has 0 aliphatic carbocycles. The average Bonchev–Trinajstić information content (AvgIpc) is 2.40. The van der Waals surface area contributed by atoms with Crippen molar-refractivity contribution in [3.8, 4) is 5.75 Å². The first-order valence-corrected chi connectivity index (χ1v) is 7.42. The Morgan fingerprint density at radius 2 is 2.18 bits per heavy atom. The summed E-state index contributed by atoms with van der Waals surface area (Å²) in [4.78, 5) is 12.1. The van der Waals surface area contributed by atoms with Crippen molar-refractivity contribution < 1.29 is 14.3 Å². The van der Waals surface area contributed by atoms with Gasteiger partial charge in [0.15, 0.2) is 5.75 Å². The average molecular weight is 253 g/mol. The van der Waals surface area contributed by atoms with Gasteiger partial charge in [-0.15, -0.1) is 0 Å². The summed E-state index contributed by atoms with van der Waals surface area (Å²) in [5, 5.41) is 0. The van der Waals surface area contributed by atoms with Gasteiger partial charge in [-0.25, -0.2) is 0 Å². The van der Waals surface area contributed by atoms with Gasteiger partial charge in [-0.2, -0.15) is 0 Å². The second-order valence-electron chi connectivity index (χ2n) is 3.93. The number of carbonyl (C=O) groups excluding carboxylic acids is 1. The monoisotopic (exact) mass is 253 g/mol. The van der Waals surface area contributed by atoms with Crippen LogP contribution < -0.4 is 4.74 Å². The van der Waals surface area contributed by atoms with Crippen molar-refractivity contribution >= 4 is 16.7 Å². The fourth-order valence-electron chi connectivity index (χ4n) is 1.77. The predicted molar refractivity (Wildman–Crippen MR) is 70.1 cm³/mol. The van der Waals surface area contributed by atoms with E-state index in [1.165, 1.54) is 0 Å². The summed E-state index contributed by atoms with van der Waals surface area (Å²) < 4.78 is 10.4. The van der Waals surface area contributed by atoms with Gasteiger partial charge < -0.3 is 9.47 Å². The smallest absolute Gasteiger partial charge is 0.211 e. The lowest BCUT2D eigenvalue weighted by atomic mass is 10.1. The third kappa shape index (κ3) is 3.48. The summed E-state index contributed by atoms with van der Waals surface area (Å²) >= 11 is 0. The number of methoxy groups -OCH3 is 1. The van der Waals surface area contributed by atoms with Gasteiger partial charge >= 0.3 is 0 Å². The Bertz CT molecular complexity index is 386. The first-order valence-electron chi connectivity index (χ1n) is 5.68. The summed E-state index contributed by atoms with van der Waals surface area (Å²) in [6, 6.07) is 7.38. The maximum atomic E-state index is 12.1. The minimum atomic E-state index is 0.201. The highest BCUT2D eigenvalue weighted by atomic mass is 32.2. The van der Waals surface area contributed by atoms with Crippen molar-refractivity contribution in [1.29, 1.82) is 0 Å². The molecule has 1 aliphatic rings. The lowest BCUT2D eigenvalue weighted by Gasteiger charge is -2.13. The van der Waals surface area contributed by atoms with Crippen LogP contribution in [0.2, 0.25) is 0 Å². The van der Waals surface area contributed by atoms with Crippen LogP contribution in [-0.4, -0.2) is 43.4 Å². The number of carbonyl (C=O) groups is 1. The van der Waals surface area contributed by atoms with E-state index in [4.69, 9.17) is 9.47 Å². The molecule has 1 aliphatic heterocycles. The van der Waals surface area contributed by atoms with Gasteiger partial charge in [-0.05, 0) is 12.1 Å². The molecular weight excluding hydrogens is 236 g/mol. The van der Waals surface area contributed by atoms with Crippen LogP contribution in [0, 0.1) is 0 Å². The summed E-state index contributed by atoms with van der Waals surface area (Å²) in [6.07, 6.45) is 0. The molecule has 3 nitrogen and oxygen atoms in total. The molecule has 1 fully saturated rings. The molecule has 17 heavy (non-hydrogen) atoms. The summed E-state index contributed by atoms with van der Waals surface area (Å²) in [7, 11) is 1.82. The molecule has 0 radical (unpaired) electrons. The van der Waals surface area contributed by atoms with Crippen molar-refractivity contribution in [2.24, 2.45) is 0 Å². The van der Waals surface area contributed by atoms with Crippen molar-refractivity contribution in [2.75, 3.05) is 37.6 Å². The van der Waals surface area contributed by atoms with Gasteiger partial charge in [0.1, 0.15) is 17.3 Å². The van der Waals surface area contributed by atoms with Crippen molar-refractivity contribution in [3.63, 3.8) is 0 Å². The zero-order valence-corrected chi connectivity index (χ0v) is 10.8. The van der Waals surface area contributed by atoms with Crippen LogP contribution >= 0.6 is 0 Å². The van der Waals surface area contributed by atoms with Crippen LogP contribution in [0.3, 0.4) is 0 Å². The number of hydrogen-bond donors (Lipinski definition) is 0. The number of rotatable bonds is 4. The molecule has 92 valence electrons. The van der Waals surface area contributed by atoms with Gasteiger partial charge in [0, 0.05) is 16.5 Å². The number of ketones is 1. The van der Waals surface area contributed by atoms with Crippen LogP contribution in [0.1, 0.15) is 10.4 Å². The van der Waals surface area contributed by atoms with E-state index in [0.29, 0.717) is 5.75 Å². The van der Waals surface area contributed by atoms with E-state index in [9.17, 15) is 4.79 Å². The molecule has 1 heterocycles. The Kier molecular flexibility index (Phi) is 4.45. The molecule has 0 aromatic heterocycles. The Balaban J connectivity index is 1.98. The van der Waals surface area contributed by atoms with Crippen LogP contribution in [-0.2, 0) is 15.6 Å². The minimum Gasteiger partial charge on any atom is -0.497 e. The number of benzene rings is 1.